The van der Waals surface area contributed by atoms with Gasteiger partial charge < -0.3 is 24.8 Å². The van der Waals surface area contributed by atoms with Crippen molar-refractivity contribution in [2.75, 3.05) is 47.6 Å². The van der Waals surface area contributed by atoms with E-state index >= 15 is 0 Å². The molecular weight excluding hydrogens is 414 g/mol. The number of ether oxygens (including phenoxy) is 3. The highest BCUT2D eigenvalue weighted by Gasteiger charge is 2.36. The molecule has 168 valence electrons. The van der Waals surface area contributed by atoms with E-state index in [-0.39, 0.29) is 5.41 Å². The van der Waals surface area contributed by atoms with Gasteiger partial charge in [0.15, 0.2) is 17.5 Å². The number of hydrogen-bond donors (Lipinski definition) is 2. The van der Waals surface area contributed by atoms with Crippen LogP contribution >= 0.6 is 11.6 Å². The molecule has 0 saturated carbocycles. The average molecular weight is 446 g/mol. The molecule has 0 spiro atoms. The third-order valence-corrected chi connectivity index (χ3v) is 6.20. The summed E-state index contributed by atoms with van der Waals surface area (Å²) in [5, 5.41) is 7.73. The Hall–Kier alpha value is -2.44. The molecule has 6 nitrogen and oxygen atoms in total. The Balaban J connectivity index is 1.60. The van der Waals surface area contributed by atoms with E-state index in [1.54, 1.807) is 21.3 Å². The molecule has 2 aromatic rings. The standard InChI is InChI=1S/C24H32ClN3O3/c1-26-23(27-13-10-18-8-9-21(29-2)22(16-18)30-3)28-17-24(11-14-31-15-12-24)19-6-4-5-7-20(19)25/h4-9,16H,10-15,17H2,1-3H3,(H2,26,27,28). The number of nitrogens with zero attached hydrogens (tertiary/aromatic N) is 1. The largest absolute Gasteiger partial charge is 0.493 e. The normalized spacial score (nSPS) is 15.9. The summed E-state index contributed by atoms with van der Waals surface area (Å²) in [4.78, 5) is 4.40. The number of nitrogens with one attached hydrogen (secondary N) is 2. The topological polar surface area (TPSA) is 64.1 Å². The van der Waals surface area contributed by atoms with Gasteiger partial charge in [0.05, 0.1) is 14.2 Å². The maximum atomic E-state index is 6.56. The van der Waals surface area contributed by atoms with E-state index in [0.717, 1.165) is 73.6 Å². The van der Waals surface area contributed by atoms with Crippen molar-refractivity contribution >= 4 is 17.6 Å². The summed E-state index contributed by atoms with van der Waals surface area (Å²) in [5.41, 5.74) is 2.27. The lowest BCUT2D eigenvalue weighted by atomic mass is 9.74. The van der Waals surface area contributed by atoms with Gasteiger partial charge in [-0.25, -0.2) is 0 Å². The molecular formula is C24H32ClN3O3. The Bertz CT molecular complexity index is 882. The lowest BCUT2D eigenvalue weighted by molar-refractivity contribution is 0.0514. The minimum atomic E-state index is -0.0719. The van der Waals surface area contributed by atoms with Gasteiger partial charge in [-0.1, -0.05) is 35.9 Å². The second kappa shape index (κ2) is 11.3. The number of aliphatic imine (C=N–C) groups is 1. The van der Waals surface area contributed by atoms with Crippen LogP contribution < -0.4 is 20.1 Å². The molecule has 0 aromatic heterocycles. The second-order valence-electron chi connectivity index (χ2n) is 7.66. The van der Waals surface area contributed by atoms with E-state index in [0.29, 0.717) is 0 Å². The van der Waals surface area contributed by atoms with Gasteiger partial charge in [0.1, 0.15) is 0 Å². The minimum absolute atomic E-state index is 0.0719. The average Bonchev–Trinajstić information content (AvgIpc) is 2.82. The maximum Gasteiger partial charge on any atom is 0.191 e. The van der Waals surface area contributed by atoms with Gasteiger partial charge in [-0.05, 0) is 48.6 Å². The summed E-state index contributed by atoms with van der Waals surface area (Å²) >= 11 is 6.56. The zero-order valence-corrected chi connectivity index (χ0v) is 19.3. The summed E-state index contributed by atoms with van der Waals surface area (Å²) in [6.07, 6.45) is 2.68. The lowest BCUT2D eigenvalue weighted by Crippen LogP contribution is -2.48. The van der Waals surface area contributed by atoms with Crippen molar-refractivity contribution in [3.05, 3.63) is 58.6 Å². The summed E-state index contributed by atoms with van der Waals surface area (Å²) in [6.45, 7) is 2.96. The van der Waals surface area contributed by atoms with Gasteiger partial charge in [0.2, 0.25) is 0 Å². The molecule has 1 fully saturated rings. The number of methoxy groups -OCH3 is 2. The van der Waals surface area contributed by atoms with Crippen molar-refractivity contribution in [2.24, 2.45) is 4.99 Å². The van der Waals surface area contributed by atoms with Gasteiger partial charge in [-0.2, -0.15) is 0 Å². The van der Waals surface area contributed by atoms with Crippen LogP contribution in [0.4, 0.5) is 0 Å². The lowest BCUT2D eigenvalue weighted by Gasteiger charge is -2.38. The van der Waals surface area contributed by atoms with E-state index in [1.807, 2.05) is 30.3 Å². The smallest absolute Gasteiger partial charge is 0.191 e. The molecule has 0 unspecified atom stereocenters. The molecule has 31 heavy (non-hydrogen) atoms. The first-order valence-electron chi connectivity index (χ1n) is 10.6. The fraction of sp³-hybridized carbons (Fsp3) is 0.458. The number of benzene rings is 2. The van der Waals surface area contributed by atoms with E-state index in [1.165, 1.54) is 5.56 Å². The quantitative estimate of drug-likeness (QED) is 0.477. The van der Waals surface area contributed by atoms with Crippen LogP contribution in [-0.4, -0.2) is 53.5 Å². The maximum absolute atomic E-state index is 6.56. The zero-order chi connectivity index (χ0) is 22.1. The third kappa shape index (κ3) is 5.83. The van der Waals surface area contributed by atoms with Crippen LogP contribution in [0, 0.1) is 0 Å². The van der Waals surface area contributed by atoms with Crippen LogP contribution in [0.2, 0.25) is 5.02 Å². The van der Waals surface area contributed by atoms with Crippen LogP contribution in [-0.2, 0) is 16.6 Å². The monoisotopic (exact) mass is 445 g/mol. The number of halogens is 1. The van der Waals surface area contributed by atoms with Gasteiger partial charge in [0.25, 0.3) is 0 Å². The summed E-state index contributed by atoms with van der Waals surface area (Å²) in [7, 11) is 5.08. The van der Waals surface area contributed by atoms with E-state index in [2.05, 4.69) is 27.8 Å². The molecule has 0 atom stereocenters. The third-order valence-electron chi connectivity index (χ3n) is 5.87. The fourth-order valence-electron chi connectivity index (χ4n) is 4.03. The molecule has 0 amide bonds. The molecule has 1 saturated heterocycles. The molecule has 0 aliphatic carbocycles. The van der Waals surface area contributed by atoms with E-state index in [4.69, 9.17) is 25.8 Å². The Morgan fingerprint density at radius 3 is 2.48 bits per heavy atom. The number of guanidine groups is 1. The molecule has 2 aromatic carbocycles. The van der Waals surface area contributed by atoms with Gasteiger partial charge in [0, 0.05) is 43.8 Å². The number of rotatable bonds is 8. The predicted molar refractivity (Wildman–Crippen MR) is 126 cm³/mol. The highest BCUT2D eigenvalue weighted by molar-refractivity contribution is 6.31. The van der Waals surface area contributed by atoms with Gasteiger partial charge in [-0.15, -0.1) is 0 Å². The van der Waals surface area contributed by atoms with Crippen molar-refractivity contribution in [1.82, 2.24) is 10.6 Å². The second-order valence-corrected chi connectivity index (χ2v) is 8.07. The molecule has 1 aliphatic rings. The molecule has 0 bridgehead atoms. The van der Waals surface area contributed by atoms with Crippen LogP contribution in [0.15, 0.2) is 47.5 Å². The molecule has 7 heteroatoms. The first-order chi connectivity index (χ1) is 15.1. The molecule has 3 rings (SSSR count). The van der Waals surface area contributed by atoms with Crippen LogP contribution in [0.3, 0.4) is 0 Å². The van der Waals surface area contributed by atoms with E-state index in [9.17, 15) is 0 Å². The minimum Gasteiger partial charge on any atom is -0.493 e. The van der Waals surface area contributed by atoms with Crippen molar-refractivity contribution in [3.8, 4) is 11.5 Å². The van der Waals surface area contributed by atoms with Crippen molar-refractivity contribution in [3.63, 3.8) is 0 Å². The Labute approximate surface area is 190 Å². The van der Waals surface area contributed by atoms with Crippen molar-refractivity contribution in [2.45, 2.75) is 24.7 Å². The zero-order valence-electron chi connectivity index (χ0n) is 18.5. The first-order valence-corrected chi connectivity index (χ1v) is 11.0. The van der Waals surface area contributed by atoms with Crippen LogP contribution in [0.25, 0.3) is 0 Å². The van der Waals surface area contributed by atoms with Gasteiger partial charge >= 0.3 is 0 Å². The summed E-state index contributed by atoms with van der Waals surface area (Å²) in [5.74, 6) is 2.25. The molecule has 0 radical (unpaired) electrons. The van der Waals surface area contributed by atoms with Crippen LogP contribution in [0.1, 0.15) is 24.0 Å². The molecule has 2 N–H and O–H groups in total. The summed E-state index contributed by atoms with van der Waals surface area (Å²) < 4.78 is 16.3. The highest BCUT2D eigenvalue weighted by Crippen LogP contribution is 2.38. The summed E-state index contributed by atoms with van der Waals surface area (Å²) in [6, 6.07) is 14.1. The Kier molecular flexibility index (Phi) is 8.43. The van der Waals surface area contributed by atoms with Crippen molar-refractivity contribution < 1.29 is 14.2 Å². The van der Waals surface area contributed by atoms with Gasteiger partial charge in [-0.3, -0.25) is 4.99 Å². The first kappa shape index (κ1) is 23.2. The fourth-order valence-corrected chi connectivity index (χ4v) is 4.37. The van der Waals surface area contributed by atoms with Crippen molar-refractivity contribution in [1.29, 1.82) is 0 Å². The SMILES string of the molecule is CN=C(NCCc1ccc(OC)c(OC)c1)NCC1(c2ccccc2Cl)CCOCC1. The van der Waals surface area contributed by atoms with Crippen LogP contribution in [0.5, 0.6) is 11.5 Å². The number of hydrogen-bond acceptors (Lipinski definition) is 4. The molecule has 1 aliphatic heterocycles. The predicted octanol–water partition coefficient (Wildman–Crippen LogP) is 3.81. The highest BCUT2D eigenvalue weighted by atomic mass is 35.5. The Morgan fingerprint density at radius 1 is 1.06 bits per heavy atom. The van der Waals surface area contributed by atoms with E-state index < -0.39 is 0 Å². The Morgan fingerprint density at radius 2 is 1.81 bits per heavy atom. The molecule has 1 heterocycles.